The maximum atomic E-state index is 5.24. The first-order valence-corrected chi connectivity index (χ1v) is 3.17. The van der Waals surface area contributed by atoms with Gasteiger partial charge in [0.1, 0.15) is 12.0 Å². The van der Waals surface area contributed by atoms with Crippen molar-refractivity contribution < 1.29 is 0 Å². The average molecular weight is 143 g/mol. The summed E-state index contributed by atoms with van der Waals surface area (Å²) in [4.78, 5) is 3.98. The Morgan fingerprint density at radius 3 is 3.18 bits per heavy atom. The van der Waals surface area contributed by atoms with Crippen LogP contribution in [0.2, 0.25) is 0 Å². The van der Waals surface area contributed by atoms with E-state index in [1.54, 1.807) is 4.52 Å². The van der Waals surface area contributed by atoms with Crippen LogP contribution in [0.3, 0.4) is 0 Å². The minimum Gasteiger partial charge on any atom is -0.215 e. The second-order valence-electron chi connectivity index (χ2n) is 2.09. The second-order valence-corrected chi connectivity index (χ2v) is 2.09. The van der Waals surface area contributed by atoms with Crippen molar-refractivity contribution in [1.29, 1.82) is 0 Å². The molecular weight excluding hydrogens is 138 g/mol. The van der Waals surface area contributed by atoms with Crippen LogP contribution in [0, 0.1) is 12.3 Å². The van der Waals surface area contributed by atoms with E-state index < -0.39 is 0 Å². The Morgan fingerprint density at radius 2 is 2.36 bits per heavy atom. The Morgan fingerprint density at radius 1 is 1.45 bits per heavy atom. The molecule has 0 unspecified atom stereocenters. The molecule has 2 heterocycles. The van der Waals surface area contributed by atoms with Crippen LogP contribution in [0.1, 0.15) is 5.69 Å². The van der Waals surface area contributed by atoms with Crippen molar-refractivity contribution in [3.63, 3.8) is 0 Å². The molecule has 0 spiro atoms. The number of pyridine rings is 1. The van der Waals surface area contributed by atoms with E-state index in [1.165, 1.54) is 6.33 Å². The van der Waals surface area contributed by atoms with Gasteiger partial charge in [0.15, 0.2) is 5.65 Å². The Kier molecular flexibility index (Phi) is 1.13. The van der Waals surface area contributed by atoms with Crippen molar-refractivity contribution in [2.75, 3.05) is 0 Å². The molecule has 0 N–H and O–H groups in total. The van der Waals surface area contributed by atoms with Crippen molar-refractivity contribution in [2.45, 2.75) is 0 Å². The van der Waals surface area contributed by atoms with Crippen LogP contribution >= 0.6 is 0 Å². The molecule has 2 aromatic heterocycles. The number of nitrogens with zero attached hydrogens (tertiary/aromatic N) is 3. The quantitative estimate of drug-likeness (QED) is 0.508. The van der Waals surface area contributed by atoms with Gasteiger partial charge >= 0.3 is 0 Å². The first-order chi connectivity index (χ1) is 5.42. The lowest BCUT2D eigenvalue weighted by Crippen LogP contribution is -1.92. The van der Waals surface area contributed by atoms with Gasteiger partial charge in [-0.2, -0.15) is 5.10 Å². The monoisotopic (exact) mass is 143 g/mol. The topological polar surface area (TPSA) is 30.2 Å². The van der Waals surface area contributed by atoms with Gasteiger partial charge in [0.2, 0.25) is 0 Å². The van der Waals surface area contributed by atoms with Gasteiger partial charge in [-0.1, -0.05) is 12.0 Å². The molecule has 0 atom stereocenters. The summed E-state index contributed by atoms with van der Waals surface area (Å²) in [5.74, 6) is 2.52. The summed E-state index contributed by atoms with van der Waals surface area (Å²) in [5, 5.41) is 3.95. The van der Waals surface area contributed by atoms with Gasteiger partial charge in [-0.3, -0.25) is 0 Å². The van der Waals surface area contributed by atoms with Gasteiger partial charge in [-0.25, -0.2) is 9.50 Å². The standard InChI is InChI=1S/C8H5N3/c1-2-7-4-3-5-8-9-6-10-11(7)8/h1,3-6H. The number of rotatable bonds is 0. The van der Waals surface area contributed by atoms with Crippen molar-refractivity contribution in [3.05, 3.63) is 30.2 Å². The van der Waals surface area contributed by atoms with Gasteiger partial charge < -0.3 is 0 Å². The van der Waals surface area contributed by atoms with Crippen molar-refractivity contribution >= 4 is 5.65 Å². The van der Waals surface area contributed by atoms with Gasteiger partial charge in [-0.05, 0) is 12.1 Å². The smallest absolute Gasteiger partial charge is 0.156 e. The molecule has 0 saturated heterocycles. The highest BCUT2D eigenvalue weighted by molar-refractivity contribution is 5.41. The fourth-order valence-corrected chi connectivity index (χ4v) is 0.955. The molecule has 2 aromatic rings. The van der Waals surface area contributed by atoms with E-state index in [-0.39, 0.29) is 0 Å². The zero-order valence-electron chi connectivity index (χ0n) is 5.73. The van der Waals surface area contributed by atoms with Crippen LogP contribution in [0.5, 0.6) is 0 Å². The number of hydrogen-bond acceptors (Lipinski definition) is 2. The van der Waals surface area contributed by atoms with Crippen molar-refractivity contribution in [1.82, 2.24) is 14.6 Å². The fourth-order valence-electron chi connectivity index (χ4n) is 0.955. The summed E-state index contributed by atoms with van der Waals surface area (Å²) in [6.07, 6.45) is 6.72. The van der Waals surface area contributed by atoms with Crippen LogP contribution in [0.4, 0.5) is 0 Å². The van der Waals surface area contributed by atoms with Crippen LogP contribution in [-0.2, 0) is 0 Å². The molecule has 0 aliphatic carbocycles. The SMILES string of the molecule is C#Cc1cccc2ncnn12. The van der Waals surface area contributed by atoms with E-state index in [0.29, 0.717) is 0 Å². The minimum absolute atomic E-state index is 0.722. The van der Waals surface area contributed by atoms with Crippen molar-refractivity contribution in [3.8, 4) is 12.3 Å². The Bertz CT molecular complexity index is 422. The lowest BCUT2D eigenvalue weighted by molar-refractivity contribution is 0.945. The maximum Gasteiger partial charge on any atom is 0.156 e. The highest BCUT2D eigenvalue weighted by Crippen LogP contribution is 2.00. The second kappa shape index (κ2) is 2.10. The van der Waals surface area contributed by atoms with E-state index in [9.17, 15) is 0 Å². The van der Waals surface area contributed by atoms with Gasteiger partial charge in [0.05, 0.1) is 0 Å². The number of fused-ring (bicyclic) bond motifs is 1. The fraction of sp³-hybridized carbons (Fsp3) is 0. The van der Waals surface area contributed by atoms with Gasteiger partial charge in [-0.15, -0.1) is 6.42 Å². The molecular formula is C8H5N3. The molecule has 0 bridgehead atoms. The molecule has 0 amide bonds. The summed E-state index contributed by atoms with van der Waals surface area (Å²) < 4.78 is 1.62. The molecule has 0 fully saturated rings. The minimum atomic E-state index is 0.722. The largest absolute Gasteiger partial charge is 0.215 e. The molecule has 0 aliphatic heterocycles. The van der Waals surface area contributed by atoms with Crippen LogP contribution in [-0.4, -0.2) is 14.6 Å². The van der Waals surface area contributed by atoms with Gasteiger partial charge in [0.25, 0.3) is 0 Å². The molecule has 0 aromatic carbocycles. The number of aromatic nitrogens is 3. The third kappa shape index (κ3) is 0.767. The lowest BCUT2D eigenvalue weighted by atomic mass is 10.3. The number of hydrogen-bond donors (Lipinski definition) is 0. The molecule has 11 heavy (non-hydrogen) atoms. The third-order valence-electron chi connectivity index (χ3n) is 1.45. The molecule has 52 valence electrons. The predicted octanol–water partition coefficient (Wildman–Crippen LogP) is 0.711. The van der Waals surface area contributed by atoms with Crippen LogP contribution in [0.15, 0.2) is 24.5 Å². The molecule has 2 rings (SSSR count). The predicted molar refractivity (Wildman–Crippen MR) is 40.9 cm³/mol. The molecule has 3 heteroatoms. The van der Waals surface area contributed by atoms with E-state index >= 15 is 0 Å². The van der Waals surface area contributed by atoms with Gasteiger partial charge in [0, 0.05) is 0 Å². The number of terminal acetylenes is 1. The normalized spacial score (nSPS) is 9.73. The van der Waals surface area contributed by atoms with E-state index in [1.807, 2.05) is 18.2 Å². The Hall–Kier alpha value is -1.82. The first-order valence-electron chi connectivity index (χ1n) is 3.17. The Balaban J connectivity index is 2.92. The summed E-state index contributed by atoms with van der Waals surface area (Å²) in [6, 6.07) is 5.54. The molecule has 0 aliphatic rings. The van der Waals surface area contributed by atoms with E-state index in [0.717, 1.165) is 11.3 Å². The summed E-state index contributed by atoms with van der Waals surface area (Å²) in [6.45, 7) is 0. The lowest BCUT2D eigenvalue weighted by Gasteiger charge is -1.92. The molecule has 0 radical (unpaired) electrons. The molecule has 3 nitrogen and oxygen atoms in total. The highest BCUT2D eigenvalue weighted by atomic mass is 15.3. The summed E-state index contributed by atoms with van der Waals surface area (Å²) in [7, 11) is 0. The Labute approximate surface area is 63.7 Å². The zero-order valence-corrected chi connectivity index (χ0v) is 5.73. The van der Waals surface area contributed by atoms with Crippen molar-refractivity contribution in [2.24, 2.45) is 0 Å². The first kappa shape index (κ1) is 5.93. The van der Waals surface area contributed by atoms with E-state index in [4.69, 9.17) is 6.42 Å². The average Bonchev–Trinajstić information content (AvgIpc) is 2.50. The zero-order chi connectivity index (χ0) is 7.68. The van der Waals surface area contributed by atoms with Crippen LogP contribution in [0.25, 0.3) is 5.65 Å². The third-order valence-corrected chi connectivity index (χ3v) is 1.45. The molecule has 0 saturated carbocycles. The summed E-state index contributed by atoms with van der Waals surface area (Å²) >= 11 is 0. The maximum absolute atomic E-state index is 5.24. The summed E-state index contributed by atoms with van der Waals surface area (Å²) in [5.41, 5.74) is 1.50. The highest BCUT2D eigenvalue weighted by Gasteiger charge is 1.96. The van der Waals surface area contributed by atoms with Crippen LogP contribution < -0.4 is 0 Å². The van der Waals surface area contributed by atoms with E-state index in [2.05, 4.69) is 16.0 Å².